The fourth-order valence-corrected chi connectivity index (χ4v) is 4.65. The fourth-order valence-electron chi connectivity index (χ4n) is 3.01. The van der Waals surface area contributed by atoms with Crippen LogP contribution in [0.1, 0.15) is 26.3 Å². The molecule has 0 spiro atoms. The highest BCUT2D eigenvalue weighted by Gasteiger charge is 2.40. The van der Waals surface area contributed by atoms with Gasteiger partial charge in [0.25, 0.3) is 0 Å². The van der Waals surface area contributed by atoms with E-state index in [1.54, 1.807) is 6.92 Å². The van der Waals surface area contributed by atoms with Gasteiger partial charge in [0.05, 0.1) is 16.5 Å². The topological polar surface area (TPSA) is 69.7 Å². The Bertz CT molecular complexity index is 789. The number of rotatable bonds is 6. The molecule has 1 heterocycles. The number of sulfonamides is 1. The third kappa shape index (κ3) is 5.24. The van der Waals surface area contributed by atoms with Crippen molar-refractivity contribution in [3.05, 3.63) is 29.8 Å². The lowest BCUT2D eigenvalue weighted by Crippen LogP contribution is -2.55. The largest absolute Gasteiger partial charge is 0.417 e. The first-order chi connectivity index (χ1) is 12.9. The second-order valence-corrected chi connectivity index (χ2v) is 9.16. The number of amides is 1. The van der Waals surface area contributed by atoms with E-state index in [1.165, 1.54) is 6.07 Å². The molecule has 1 atom stereocenters. The lowest BCUT2D eigenvalue weighted by atomic mass is 10.2. The summed E-state index contributed by atoms with van der Waals surface area (Å²) in [6.07, 6.45) is -4.76. The molecule has 2 rings (SSSR count). The first kappa shape index (κ1) is 22.6. The molecule has 1 saturated heterocycles. The lowest BCUT2D eigenvalue weighted by Gasteiger charge is -2.37. The molecular formula is C18H26F3N3O3S. The van der Waals surface area contributed by atoms with Gasteiger partial charge in [-0.05, 0) is 25.0 Å². The lowest BCUT2D eigenvalue weighted by molar-refractivity contribution is -0.140. The zero-order chi connectivity index (χ0) is 21.1. The van der Waals surface area contributed by atoms with Crippen molar-refractivity contribution in [1.29, 1.82) is 0 Å². The number of nitrogens with zero attached hydrogens (tertiary/aromatic N) is 2. The summed E-state index contributed by atoms with van der Waals surface area (Å²) in [5.74, 6) is 0.166. The Hall–Kier alpha value is -1.65. The minimum Gasteiger partial charge on any atom is -0.354 e. The maximum Gasteiger partial charge on any atom is 0.417 e. The number of carbonyl (C=O) groups excluding carboxylic acids is 1. The number of hydrogen-bond donors (Lipinski definition) is 1. The first-order valence-corrected chi connectivity index (χ1v) is 10.6. The van der Waals surface area contributed by atoms with Gasteiger partial charge in [-0.3, -0.25) is 9.69 Å². The van der Waals surface area contributed by atoms with Gasteiger partial charge in [0.1, 0.15) is 0 Å². The van der Waals surface area contributed by atoms with E-state index in [9.17, 15) is 26.4 Å². The van der Waals surface area contributed by atoms with E-state index in [-0.39, 0.29) is 32.1 Å². The number of hydrogen-bond acceptors (Lipinski definition) is 4. The number of carbonyl (C=O) groups is 1. The number of piperazine rings is 1. The molecular weight excluding hydrogens is 395 g/mol. The minimum absolute atomic E-state index is 0.0241. The van der Waals surface area contributed by atoms with Gasteiger partial charge in [0.2, 0.25) is 15.9 Å². The fraction of sp³-hybridized carbons (Fsp3) is 0.611. The second kappa shape index (κ2) is 8.79. The molecule has 0 aromatic heterocycles. The van der Waals surface area contributed by atoms with Crippen LogP contribution in [0.5, 0.6) is 0 Å². The zero-order valence-corrected chi connectivity index (χ0v) is 17.0. The molecule has 1 aliphatic rings. The number of alkyl halides is 3. The first-order valence-electron chi connectivity index (χ1n) is 9.12. The zero-order valence-electron chi connectivity index (χ0n) is 16.2. The van der Waals surface area contributed by atoms with Gasteiger partial charge in [0.15, 0.2) is 0 Å². The highest BCUT2D eigenvalue weighted by atomic mass is 32.2. The average molecular weight is 421 g/mol. The van der Waals surface area contributed by atoms with E-state index in [1.807, 2.05) is 18.7 Å². The summed E-state index contributed by atoms with van der Waals surface area (Å²) in [5, 5.41) is 2.83. The van der Waals surface area contributed by atoms with E-state index >= 15 is 0 Å². The maximum absolute atomic E-state index is 13.2. The Morgan fingerprint density at radius 1 is 1.11 bits per heavy atom. The van der Waals surface area contributed by atoms with Crippen LogP contribution in [-0.4, -0.2) is 62.3 Å². The molecule has 0 bridgehead atoms. The van der Waals surface area contributed by atoms with Crippen molar-refractivity contribution in [2.24, 2.45) is 5.92 Å². The van der Waals surface area contributed by atoms with E-state index in [4.69, 9.17) is 0 Å². The molecule has 1 aromatic rings. The predicted molar refractivity (Wildman–Crippen MR) is 99.1 cm³/mol. The summed E-state index contributed by atoms with van der Waals surface area (Å²) in [7, 11) is -4.28. The Morgan fingerprint density at radius 2 is 1.68 bits per heavy atom. The Morgan fingerprint density at radius 3 is 2.21 bits per heavy atom. The molecule has 0 unspecified atom stereocenters. The molecule has 1 amide bonds. The highest BCUT2D eigenvalue weighted by molar-refractivity contribution is 7.89. The molecule has 0 radical (unpaired) electrons. The molecule has 6 nitrogen and oxygen atoms in total. The van der Waals surface area contributed by atoms with Crippen LogP contribution in [0.15, 0.2) is 29.2 Å². The van der Waals surface area contributed by atoms with Gasteiger partial charge < -0.3 is 5.32 Å². The summed E-state index contributed by atoms with van der Waals surface area (Å²) in [6, 6.07) is 3.75. The molecule has 0 saturated carbocycles. The van der Waals surface area contributed by atoms with Gasteiger partial charge >= 0.3 is 6.18 Å². The third-order valence-corrected chi connectivity index (χ3v) is 6.65. The molecule has 0 aliphatic carbocycles. The van der Waals surface area contributed by atoms with Crippen LogP contribution in [0.4, 0.5) is 13.2 Å². The normalized spacial score (nSPS) is 18.2. The van der Waals surface area contributed by atoms with Crippen molar-refractivity contribution in [2.75, 3.05) is 32.7 Å². The minimum atomic E-state index is -4.76. The van der Waals surface area contributed by atoms with Crippen molar-refractivity contribution < 1.29 is 26.4 Å². The van der Waals surface area contributed by atoms with Gasteiger partial charge in [-0.15, -0.1) is 0 Å². The quantitative estimate of drug-likeness (QED) is 0.765. The second-order valence-electron chi connectivity index (χ2n) is 7.25. The standard InChI is InChI=1S/C18H26F3N3O3S/c1-13(2)12-22-17(25)14(3)23-8-10-24(11-9-23)28(26,27)16-7-5-4-6-15(16)18(19,20)21/h4-7,13-14H,8-12H2,1-3H3,(H,22,25)/t14-/m0/s1. The Kier molecular flexibility index (Phi) is 7.11. The summed E-state index contributed by atoms with van der Waals surface area (Å²) in [6.45, 7) is 6.82. The molecule has 28 heavy (non-hydrogen) atoms. The maximum atomic E-state index is 13.2. The van der Waals surface area contributed by atoms with Crippen molar-refractivity contribution in [1.82, 2.24) is 14.5 Å². The van der Waals surface area contributed by atoms with Crippen LogP contribution in [0.2, 0.25) is 0 Å². The molecule has 158 valence electrons. The summed E-state index contributed by atoms with van der Waals surface area (Å²) in [5.41, 5.74) is -1.17. The Balaban J connectivity index is 2.08. The van der Waals surface area contributed by atoms with E-state index in [0.29, 0.717) is 12.5 Å². The monoisotopic (exact) mass is 421 g/mol. The van der Waals surface area contributed by atoms with Gasteiger partial charge in [-0.25, -0.2) is 8.42 Å². The average Bonchev–Trinajstić information content (AvgIpc) is 2.65. The summed E-state index contributed by atoms with van der Waals surface area (Å²) < 4.78 is 66.2. The molecule has 1 N–H and O–H groups in total. The molecule has 1 fully saturated rings. The van der Waals surface area contributed by atoms with Crippen LogP contribution in [-0.2, 0) is 21.0 Å². The van der Waals surface area contributed by atoms with Gasteiger partial charge in [-0.2, -0.15) is 17.5 Å². The SMILES string of the molecule is CC(C)CNC(=O)[C@H](C)N1CCN(S(=O)(=O)c2ccccc2C(F)(F)F)CC1. The van der Waals surface area contributed by atoms with Crippen LogP contribution in [0.3, 0.4) is 0 Å². The van der Waals surface area contributed by atoms with E-state index < -0.39 is 32.7 Å². The molecule has 1 aliphatic heterocycles. The van der Waals surface area contributed by atoms with Crippen molar-refractivity contribution >= 4 is 15.9 Å². The van der Waals surface area contributed by atoms with E-state index in [2.05, 4.69) is 5.32 Å². The van der Waals surface area contributed by atoms with Crippen LogP contribution in [0, 0.1) is 5.92 Å². The number of halogens is 3. The van der Waals surface area contributed by atoms with Gasteiger partial charge in [0, 0.05) is 32.7 Å². The van der Waals surface area contributed by atoms with Crippen LogP contribution in [0.25, 0.3) is 0 Å². The third-order valence-electron chi connectivity index (χ3n) is 4.70. The van der Waals surface area contributed by atoms with Crippen molar-refractivity contribution in [3.63, 3.8) is 0 Å². The highest BCUT2D eigenvalue weighted by Crippen LogP contribution is 2.35. The Labute approximate surface area is 163 Å². The van der Waals surface area contributed by atoms with Gasteiger partial charge in [-0.1, -0.05) is 26.0 Å². The van der Waals surface area contributed by atoms with Crippen LogP contribution < -0.4 is 5.32 Å². The molecule has 10 heteroatoms. The number of nitrogens with one attached hydrogen (secondary N) is 1. The smallest absolute Gasteiger partial charge is 0.354 e. The molecule has 1 aromatic carbocycles. The van der Waals surface area contributed by atoms with Crippen molar-refractivity contribution in [3.8, 4) is 0 Å². The summed E-state index contributed by atoms with van der Waals surface area (Å²) in [4.78, 5) is 13.3. The van der Waals surface area contributed by atoms with Crippen LogP contribution >= 0.6 is 0 Å². The van der Waals surface area contributed by atoms with Crippen molar-refractivity contribution in [2.45, 2.75) is 37.9 Å². The summed E-state index contributed by atoms with van der Waals surface area (Å²) >= 11 is 0. The predicted octanol–water partition coefficient (Wildman–Crippen LogP) is 2.17. The number of benzene rings is 1. The van der Waals surface area contributed by atoms with E-state index in [0.717, 1.165) is 22.5 Å².